The first-order chi connectivity index (χ1) is 11.9. The maximum Gasteiger partial charge on any atom is 0.416 e. The number of alkyl halides is 3. The Hall–Kier alpha value is -2.55. The van der Waals surface area contributed by atoms with Gasteiger partial charge in [0.1, 0.15) is 0 Å². The fourth-order valence-electron chi connectivity index (χ4n) is 2.37. The van der Waals surface area contributed by atoms with Crippen LogP contribution in [-0.4, -0.2) is 14.3 Å². The molecule has 0 saturated heterocycles. The van der Waals surface area contributed by atoms with E-state index in [2.05, 4.69) is 10.0 Å². The van der Waals surface area contributed by atoms with Crippen LogP contribution in [0.4, 0.5) is 24.5 Å². The van der Waals surface area contributed by atoms with Crippen LogP contribution in [0.2, 0.25) is 0 Å². The second-order valence-electron chi connectivity index (χ2n) is 5.79. The van der Waals surface area contributed by atoms with Crippen molar-refractivity contribution in [2.45, 2.75) is 31.8 Å². The van der Waals surface area contributed by atoms with E-state index in [0.29, 0.717) is 5.56 Å². The van der Waals surface area contributed by atoms with Gasteiger partial charge < -0.3 is 5.32 Å². The van der Waals surface area contributed by atoms with Gasteiger partial charge in [0.2, 0.25) is 5.91 Å². The second-order valence-corrected chi connectivity index (χ2v) is 7.45. The molecule has 0 aliphatic rings. The van der Waals surface area contributed by atoms with Gasteiger partial charge in [-0.25, -0.2) is 8.42 Å². The smallest absolute Gasteiger partial charge is 0.326 e. The predicted octanol–water partition coefficient (Wildman–Crippen LogP) is 4.08. The summed E-state index contributed by atoms with van der Waals surface area (Å²) in [5.74, 6) is -0.376. The summed E-state index contributed by atoms with van der Waals surface area (Å²) in [7, 11) is -4.15. The number of anilines is 2. The molecule has 0 bridgehead atoms. The first-order valence-corrected chi connectivity index (χ1v) is 8.97. The lowest BCUT2D eigenvalue weighted by Crippen LogP contribution is -2.16. The number of benzene rings is 2. The highest BCUT2D eigenvalue weighted by molar-refractivity contribution is 7.92. The molecule has 0 aromatic heterocycles. The number of sulfonamides is 1. The minimum Gasteiger partial charge on any atom is -0.326 e. The van der Waals surface area contributed by atoms with Gasteiger partial charge in [-0.1, -0.05) is 12.1 Å². The van der Waals surface area contributed by atoms with Crippen molar-refractivity contribution < 1.29 is 26.4 Å². The number of aryl methyl sites for hydroxylation is 2. The summed E-state index contributed by atoms with van der Waals surface area (Å²) >= 11 is 0. The van der Waals surface area contributed by atoms with Gasteiger partial charge in [-0.3, -0.25) is 9.52 Å². The summed E-state index contributed by atoms with van der Waals surface area (Å²) in [6, 6.07) is 7.48. The molecule has 0 fully saturated rings. The lowest BCUT2D eigenvalue weighted by Gasteiger charge is -2.15. The van der Waals surface area contributed by atoms with Gasteiger partial charge in [0.25, 0.3) is 10.0 Å². The molecule has 0 heterocycles. The molecule has 0 spiro atoms. The van der Waals surface area contributed by atoms with E-state index in [4.69, 9.17) is 0 Å². The molecule has 140 valence electrons. The van der Waals surface area contributed by atoms with Crippen LogP contribution in [0, 0.1) is 13.8 Å². The van der Waals surface area contributed by atoms with Crippen molar-refractivity contribution in [2.75, 3.05) is 10.0 Å². The number of hydrogen-bond acceptors (Lipinski definition) is 3. The summed E-state index contributed by atoms with van der Waals surface area (Å²) in [5.41, 5.74) is -0.476. The van der Waals surface area contributed by atoms with Gasteiger partial charge in [0.05, 0.1) is 10.5 Å². The van der Waals surface area contributed by atoms with Crippen molar-refractivity contribution in [3.8, 4) is 0 Å². The SMILES string of the molecule is CC(=O)Nc1ccc(C)c(S(=O)(=O)Nc2ccc(C)c(C(F)(F)F)c2)c1. The molecule has 9 heteroatoms. The summed E-state index contributed by atoms with van der Waals surface area (Å²) in [5, 5.41) is 2.46. The largest absolute Gasteiger partial charge is 0.416 e. The molecule has 26 heavy (non-hydrogen) atoms. The van der Waals surface area contributed by atoms with E-state index < -0.39 is 21.8 Å². The number of halogens is 3. The molecule has 0 aliphatic heterocycles. The molecule has 0 radical (unpaired) electrons. The highest BCUT2D eigenvalue weighted by Crippen LogP contribution is 2.34. The summed E-state index contributed by atoms with van der Waals surface area (Å²) in [6.45, 7) is 4.11. The lowest BCUT2D eigenvalue weighted by molar-refractivity contribution is -0.138. The van der Waals surface area contributed by atoms with Gasteiger partial charge >= 0.3 is 6.18 Å². The lowest BCUT2D eigenvalue weighted by atomic mass is 10.1. The Morgan fingerprint density at radius 3 is 2.12 bits per heavy atom. The third kappa shape index (κ3) is 4.54. The molecular formula is C17H17F3N2O3S. The Bertz CT molecular complexity index is 954. The molecule has 5 nitrogen and oxygen atoms in total. The Balaban J connectivity index is 2.42. The van der Waals surface area contributed by atoms with E-state index in [-0.39, 0.29) is 27.7 Å². The third-order valence-corrected chi connectivity index (χ3v) is 5.12. The molecule has 1 amide bonds. The van der Waals surface area contributed by atoms with Gasteiger partial charge in [0.15, 0.2) is 0 Å². The molecule has 2 aromatic rings. The zero-order valence-corrected chi connectivity index (χ0v) is 15.0. The minimum absolute atomic E-state index is 0.00992. The summed E-state index contributed by atoms with van der Waals surface area (Å²) < 4.78 is 66.4. The van der Waals surface area contributed by atoms with Crippen LogP contribution < -0.4 is 10.0 Å². The maximum absolute atomic E-state index is 13.0. The minimum atomic E-state index is -4.59. The molecule has 0 aliphatic carbocycles. The van der Waals surface area contributed by atoms with Crippen LogP contribution in [0.15, 0.2) is 41.3 Å². The number of nitrogens with one attached hydrogen (secondary N) is 2. The van der Waals surface area contributed by atoms with Crippen molar-refractivity contribution in [1.82, 2.24) is 0 Å². The van der Waals surface area contributed by atoms with E-state index >= 15 is 0 Å². The monoisotopic (exact) mass is 386 g/mol. The molecular weight excluding hydrogens is 369 g/mol. The fourth-order valence-corrected chi connectivity index (χ4v) is 3.69. The molecule has 0 saturated carbocycles. The van der Waals surface area contributed by atoms with Gasteiger partial charge in [0, 0.05) is 18.3 Å². The molecule has 2 aromatic carbocycles. The topological polar surface area (TPSA) is 75.3 Å². The zero-order valence-electron chi connectivity index (χ0n) is 14.2. The first-order valence-electron chi connectivity index (χ1n) is 7.49. The highest BCUT2D eigenvalue weighted by Gasteiger charge is 2.33. The number of rotatable bonds is 4. The second kappa shape index (κ2) is 6.99. The van der Waals surface area contributed by atoms with E-state index in [1.807, 2.05) is 0 Å². The van der Waals surface area contributed by atoms with Crippen molar-refractivity contribution >= 4 is 27.3 Å². The highest BCUT2D eigenvalue weighted by atomic mass is 32.2. The normalized spacial score (nSPS) is 11.9. The van der Waals surface area contributed by atoms with E-state index in [1.54, 1.807) is 6.92 Å². The Morgan fingerprint density at radius 1 is 0.962 bits per heavy atom. The zero-order chi connectivity index (χ0) is 19.7. The third-order valence-electron chi connectivity index (χ3n) is 3.59. The van der Waals surface area contributed by atoms with Crippen LogP contribution in [0.3, 0.4) is 0 Å². The predicted molar refractivity (Wildman–Crippen MR) is 92.5 cm³/mol. The quantitative estimate of drug-likeness (QED) is 0.831. The average Bonchev–Trinajstić information content (AvgIpc) is 2.49. The van der Waals surface area contributed by atoms with Crippen LogP contribution in [0.1, 0.15) is 23.6 Å². The number of amides is 1. The Morgan fingerprint density at radius 2 is 1.54 bits per heavy atom. The number of carbonyl (C=O) groups is 1. The standard InChI is InChI=1S/C17H17F3N2O3S/c1-10-4-7-14(8-15(10)17(18,19)20)22-26(24,25)16-9-13(21-12(3)23)6-5-11(16)2/h4-9,22H,1-3H3,(H,21,23). The van der Waals surface area contributed by atoms with Crippen molar-refractivity contribution in [1.29, 1.82) is 0 Å². The van der Waals surface area contributed by atoms with Gasteiger partial charge in [-0.15, -0.1) is 0 Å². The Kier molecular flexibility index (Phi) is 5.31. The molecule has 0 atom stereocenters. The first kappa shape index (κ1) is 19.8. The van der Waals surface area contributed by atoms with Crippen LogP contribution in [0.25, 0.3) is 0 Å². The van der Waals surface area contributed by atoms with E-state index in [1.165, 1.54) is 44.2 Å². The molecule has 0 unspecified atom stereocenters. The van der Waals surface area contributed by atoms with Crippen LogP contribution in [0.5, 0.6) is 0 Å². The van der Waals surface area contributed by atoms with Crippen LogP contribution in [-0.2, 0) is 21.0 Å². The fraction of sp³-hybridized carbons (Fsp3) is 0.235. The molecule has 2 N–H and O–H groups in total. The van der Waals surface area contributed by atoms with Gasteiger partial charge in [-0.2, -0.15) is 13.2 Å². The van der Waals surface area contributed by atoms with Crippen molar-refractivity contribution in [3.05, 3.63) is 53.1 Å². The molecule has 2 rings (SSSR count). The maximum atomic E-state index is 13.0. The summed E-state index contributed by atoms with van der Waals surface area (Å²) in [4.78, 5) is 11.0. The summed E-state index contributed by atoms with van der Waals surface area (Å²) in [6.07, 6.45) is -4.59. The number of carbonyl (C=O) groups excluding carboxylic acids is 1. The Labute approximate surface area is 149 Å². The number of hydrogen-bond donors (Lipinski definition) is 2. The van der Waals surface area contributed by atoms with Crippen molar-refractivity contribution in [3.63, 3.8) is 0 Å². The average molecular weight is 386 g/mol. The van der Waals surface area contributed by atoms with E-state index in [0.717, 1.165) is 6.07 Å². The van der Waals surface area contributed by atoms with Crippen molar-refractivity contribution in [2.24, 2.45) is 0 Å². The van der Waals surface area contributed by atoms with Gasteiger partial charge in [-0.05, 0) is 49.2 Å². The van der Waals surface area contributed by atoms with E-state index in [9.17, 15) is 26.4 Å². The van der Waals surface area contributed by atoms with Crippen LogP contribution >= 0.6 is 0 Å².